The Bertz CT molecular complexity index is 947. The van der Waals surface area contributed by atoms with E-state index in [9.17, 15) is 12.8 Å². The number of rotatable bonds is 7. The number of morpholine rings is 1. The van der Waals surface area contributed by atoms with Crippen molar-refractivity contribution in [2.24, 2.45) is 0 Å². The molecule has 2 atom stereocenters. The van der Waals surface area contributed by atoms with Crippen molar-refractivity contribution >= 4 is 15.5 Å². The van der Waals surface area contributed by atoms with Crippen LogP contribution < -0.4 is 4.90 Å². The highest BCUT2D eigenvalue weighted by molar-refractivity contribution is 7.91. The van der Waals surface area contributed by atoms with E-state index in [0.717, 1.165) is 29.9 Å². The molecule has 1 saturated heterocycles. The van der Waals surface area contributed by atoms with E-state index in [0.29, 0.717) is 18.4 Å². The predicted octanol–water partition coefficient (Wildman–Crippen LogP) is 4.55. The number of halogens is 1. The standard InChI is InChI=1S/C24H32FNO3S/c1-17(2)30(27,28)16-21-7-5-20(6-8-21)9-10-22-11-12-23(13-24(22)25)26-14-18(3)29-19(4)15-26/h5-8,11-13,17-19H,9-10,14-16H2,1-4H3/t18-,19+. The van der Waals surface area contributed by atoms with Gasteiger partial charge in [-0.3, -0.25) is 0 Å². The van der Waals surface area contributed by atoms with Crippen LogP contribution in [0.2, 0.25) is 0 Å². The molecule has 0 unspecified atom stereocenters. The van der Waals surface area contributed by atoms with E-state index in [1.165, 1.54) is 0 Å². The van der Waals surface area contributed by atoms with E-state index in [2.05, 4.69) is 4.90 Å². The Balaban J connectivity index is 1.61. The van der Waals surface area contributed by atoms with Gasteiger partial charge in [-0.25, -0.2) is 12.8 Å². The molecular weight excluding hydrogens is 401 g/mol. The lowest BCUT2D eigenvalue weighted by atomic mass is 10.0. The minimum absolute atomic E-state index is 0.0554. The maximum Gasteiger partial charge on any atom is 0.156 e. The second-order valence-corrected chi connectivity index (χ2v) is 11.2. The van der Waals surface area contributed by atoms with Crippen molar-refractivity contribution in [3.63, 3.8) is 0 Å². The van der Waals surface area contributed by atoms with Crippen LogP contribution in [0.25, 0.3) is 0 Å². The average molecular weight is 434 g/mol. The van der Waals surface area contributed by atoms with Gasteiger partial charge in [0.1, 0.15) is 5.82 Å². The predicted molar refractivity (Wildman–Crippen MR) is 120 cm³/mol. The minimum Gasteiger partial charge on any atom is -0.372 e. The normalized spacial score (nSPS) is 20.0. The summed E-state index contributed by atoms with van der Waals surface area (Å²) in [5, 5.41) is -0.382. The van der Waals surface area contributed by atoms with Crippen molar-refractivity contribution in [2.75, 3.05) is 18.0 Å². The Kier molecular flexibility index (Phi) is 7.19. The summed E-state index contributed by atoms with van der Waals surface area (Å²) in [7, 11) is -3.11. The molecule has 2 aromatic carbocycles. The summed E-state index contributed by atoms with van der Waals surface area (Å²) < 4.78 is 44.6. The summed E-state index contributed by atoms with van der Waals surface area (Å²) in [5.74, 6) is -0.126. The molecule has 0 N–H and O–H groups in total. The maximum atomic E-state index is 14.7. The highest BCUT2D eigenvalue weighted by atomic mass is 32.2. The van der Waals surface area contributed by atoms with Gasteiger partial charge in [0.15, 0.2) is 9.84 Å². The van der Waals surface area contributed by atoms with Gasteiger partial charge in [0.25, 0.3) is 0 Å². The third-order valence-electron chi connectivity index (χ3n) is 5.61. The van der Waals surface area contributed by atoms with Gasteiger partial charge in [0, 0.05) is 18.8 Å². The Morgan fingerprint density at radius 1 is 1.00 bits per heavy atom. The zero-order valence-corrected chi connectivity index (χ0v) is 19.1. The highest BCUT2D eigenvalue weighted by Gasteiger charge is 2.23. The average Bonchev–Trinajstić information content (AvgIpc) is 2.67. The minimum atomic E-state index is -3.11. The van der Waals surface area contributed by atoms with Crippen LogP contribution in [0.3, 0.4) is 0 Å². The molecule has 1 aliphatic heterocycles. The fourth-order valence-corrected chi connectivity index (χ4v) is 4.79. The number of nitrogens with zero attached hydrogens (tertiary/aromatic N) is 1. The molecule has 4 nitrogen and oxygen atoms in total. The van der Waals surface area contributed by atoms with Crippen molar-refractivity contribution in [1.82, 2.24) is 0 Å². The number of sulfone groups is 1. The summed E-state index contributed by atoms with van der Waals surface area (Å²) in [6.45, 7) is 9.01. The van der Waals surface area contributed by atoms with E-state index in [1.807, 2.05) is 50.2 Å². The number of benzene rings is 2. The molecule has 164 valence electrons. The molecule has 0 spiro atoms. The zero-order valence-electron chi connectivity index (χ0n) is 18.3. The summed E-state index contributed by atoms with van der Waals surface area (Å²) >= 11 is 0. The third kappa shape index (κ3) is 5.82. The van der Waals surface area contributed by atoms with Gasteiger partial charge in [-0.15, -0.1) is 0 Å². The molecule has 0 amide bonds. The van der Waals surface area contributed by atoms with E-state index >= 15 is 0 Å². The first-order valence-corrected chi connectivity index (χ1v) is 12.3. The Hall–Kier alpha value is -1.92. The lowest BCUT2D eigenvalue weighted by Crippen LogP contribution is -2.45. The first-order chi connectivity index (χ1) is 14.1. The zero-order chi connectivity index (χ0) is 21.9. The quantitative estimate of drug-likeness (QED) is 0.643. The van der Waals surface area contributed by atoms with Gasteiger partial charge < -0.3 is 9.64 Å². The summed E-state index contributed by atoms with van der Waals surface area (Å²) in [6, 6.07) is 13.1. The fourth-order valence-electron chi connectivity index (χ4n) is 3.80. The number of anilines is 1. The summed E-state index contributed by atoms with van der Waals surface area (Å²) in [4.78, 5) is 2.18. The Morgan fingerprint density at radius 3 is 2.17 bits per heavy atom. The van der Waals surface area contributed by atoms with Crippen molar-refractivity contribution in [3.8, 4) is 0 Å². The topological polar surface area (TPSA) is 46.6 Å². The SMILES string of the molecule is CC(C)S(=O)(=O)Cc1ccc(CCc2ccc(N3C[C@@H](C)O[C@@H](C)C3)cc2F)cc1. The molecule has 0 aromatic heterocycles. The van der Waals surface area contributed by atoms with Crippen LogP contribution >= 0.6 is 0 Å². The largest absolute Gasteiger partial charge is 0.372 e. The molecule has 0 aliphatic carbocycles. The van der Waals surface area contributed by atoms with Gasteiger partial charge in [0.05, 0.1) is 23.2 Å². The highest BCUT2D eigenvalue weighted by Crippen LogP contribution is 2.24. The molecule has 1 fully saturated rings. The van der Waals surface area contributed by atoms with Crippen LogP contribution in [0, 0.1) is 5.82 Å². The summed E-state index contributed by atoms with van der Waals surface area (Å²) in [6.07, 6.45) is 1.58. The molecule has 1 heterocycles. The maximum absolute atomic E-state index is 14.7. The van der Waals surface area contributed by atoms with Gasteiger partial charge in [-0.2, -0.15) is 0 Å². The van der Waals surface area contributed by atoms with E-state index in [-0.39, 0.29) is 29.0 Å². The molecule has 1 aliphatic rings. The first-order valence-electron chi connectivity index (χ1n) is 10.6. The molecule has 0 radical (unpaired) electrons. The van der Waals surface area contributed by atoms with Crippen molar-refractivity contribution in [3.05, 3.63) is 65.0 Å². The first kappa shape index (κ1) is 22.8. The number of aryl methyl sites for hydroxylation is 2. The van der Waals surface area contributed by atoms with Crippen LogP contribution in [-0.4, -0.2) is 39.0 Å². The molecule has 3 rings (SSSR count). The van der Waals surface area contributed by atoms with Crippen LogP contribution in [0.4, 0.5) is 10.1 Å². The Labute approximate surface area is 180 Å². The number of hydrogen-bond acceptors (Lipinski definition) is 4. The fraction of sp³-hybridized carbons (Fsp3) is 0.500. The second kappa shape index (κ2) is 9.48. The Morgan fingerprint density at radius 2 is 1.60 bits per heavy atom. The van der Waals surface area contributed by atoms with Gasteiger partial charge in [0.2, 0.25) is 0 Å². The number of hydrogen-bond donors (Lipinski definition) is 0. The molecule has 0 saturated carbocycles. The lowest BCUT2D eigenvalue weighted by molar-refractivity contribution is -0.00523. The van der Waals surface area contributed by atoms with E-state index in [1.54, 1.807) is 19.9 Å². The summed E-state index contributed by atoms with van der Waals surface area (Å²) in [5.41, 5.74) is 3.45. The molecule has 6 heteroatoms. The van der Waals surface area contributed by atoms with Crippen molar-refractivity contribution < 1.29 is 17.5 Å². The molecule has 30 heavy (non-hydrogen) atoms. The smallest absolute Gasteiger partial charge is 0.156 e. The molecule has 2 aromatic rings. The van der Waals surface area contributed by atoms with Crippen LogP contribution in [0.5, 0.6) is 0 Å². The third-order valence-corrected chi connectivity index (χ3v) is 7.79. The number of ether oxygens (including phenoxy) is 1. The monoisotopic (exact) mass is 433 g/mol. The van der Waals surface area contributed by atoms with Crippen LogP contribution in [-0.2, 0) is 33.2 Å². The molecular formula is C24H32FNO3S. The van der Waals surface area contributed by atoms with Gasteiger partial charge >= 0.3 is 0 Å². The van der Waals surface area contributed by atoms with Crippen molar-refractivity contribution in [1.29, 1.82) is 0 Å². The van der Waals surface area contributed by atoms with Crippen LogP contribution in [0.15, 0.2) is 42.5 Å². The molecule has 0 bridgehead atoms. The van der Waals surface area contributed by atoms with Crippen molar-refractivity contribution in [2.45, 2.75) is 63.7 Å². The van der Waals surface area contributed by atoms with Gasteiger partial charge in [-0.05, 0) is 69.4 Å². The van der Waals surface area contributed by atoms with E-state index < -0.39 is 9.84 Å². The second-order valence-electron chi connectivity index (χ2n) is 8.61. The lowest BCUT2D eigenvalue weighted by Gasteiger charge is -2.37. The van der Waals surface area contributed by atoms with Gasteiger partial charge in [-0.1, -0.05) is 30.3 Å². The van der Waals surface area contributed by atoms with E-state index in [4.69, 9.17) is 4.74 Å². The van der Waals surface area contributed by atoms with Crippen LogP contribution in [0.1, 0.15) is 44.4 Å².